The van der Waals surface area contributed by atoms with Gasteiger partial charge in [0, 0.05) is 37.3 Å². The van der Waals surface area contributed by atoms with Gasteiger partial charge in [-0.05, 0) is 6.42 Å². The highest BCUT2D eigenvalue weighted by Gasteiger charge is 2.38. The molecular formula is C11H17NO4S. The third-order valence-electron chi connectivity index (χ3n) is 2.84. The van der Waals surface area contributed by atoms with E-state index >= 15 is 0 Å². The first-order valence-electron chi connectivity index (χ1n) is 5.60. The van der Waals surface area contributed by atoms with E-state index in [1.54, 1.807) is 0 Å². The van der Waals surface area contributed by atoms with Crippen LogP contribution in [0.15, 0.2) is 0 Å². The minimum Gasteiger partial charge on any atom is -0.481 e. The standard InChI is InChI=1S/C11H17NO4S/c1-7(13)12-4-5-17-6-9-8(11(15)16)2-3-10(9)14/h8-9H,2-6H2,1H3,(H,12,13)(H,15,16). The average molecular weight is 259 g/mol. The molecule has 2 atom stereocenters. The summed E-state index contributed by atoms with van der Waals surface area (Å²) < 4.78 is 0. The zero-order valence-electron chi connectivity index (χ0n) is 9.77. The first kappa shape index (κ1) is 14.0. The van der Waals surface area contributed by atoms with Gasteiger partial charge in [0.2, 0.25) is 5.91 Å². The summed E-state index contributed by atoms with van der Waals surface area (Å²) in [6.45, 7) is 2.00. The second-order valence-corrected chi connectivity index (χ2v) is 5.26. The number of aliphatic carboxylic acids is 1. The molecule has 1 fully saturated rings. The Morgan fingerprint density at radius 1 is 1.53 bits per heavy atom. The lowest BCUT2D eigenvalue weighted by atomic mass is 9.98. The largest absolute Gasteiger partial charge is 0.481 e. The van der Waals surface area contributed by atoms with Crippen molar-refractivity contribution in [3.05, 3.63) is 0 Å². The maximum absolute atomic E-state index is 11.5. The van der Waals surface area contributed by atoms with Crippen LogP contribution in [0.2, 0.25) is 0 Å². The number of carbonyl (C=O) groups excluding carboxylic acids is 2. The summed E-state index contributed by atoms with van der Waals surface area (Å²) in [4.78, 5) is 33.0. The molecule has 17 heavy (non-hydrogen) atoms. The normalized spacial score (nSPS) is 23.7. The molecule has 0 aliphatic heterocycles. The Morgan fingerprint density at radius 2 is 2.24 bits per heavy atom. The highest BCUT2D eigenvalue weighted by atomic mass is 32.2. The fourth-order valence-corrected chi connectivity index (χ4v) is 3.01. The minimum absolute atomic E-state index is 0.0597. The van der Waals surface area contributed by atoms with Crippen LogP contribution in [0.4, 0.5) is 0 Å². The number of hydrogen-bond donors (Lipinski definition) is 2. The zero-order valence-corrected chi connectivity index (χ0v) is 10.6. The number of carboxylic acid groups (broad SMARTS) is 1. The van der Waals surface area contributed by atoms with Crippen molar-refractivity contribution < 1.29 is 19.5 Å². The summed E-state index contributed by atoms with van der Waals surface area (Å²) >= 11 is 1.52. The zero-order chi connectivity index (χ0) is 12.8. The molecule has 1 aliphatic carbocycles. The third kappa shape index (κ3) is 4.38. The van der Waals surface area contributed by atoms with Gasteiger partial charge in [-0.25, -0.2) is 0 Å². The Labute approximate surface area is 104 Å². The molecule has 1 saturated carbocycles. The maximum atomic E-state index is 11.5. The monoisotopic (exact) mass is 259 g/mol. The van der Waals surface area contributed by atoms with Gasteiger partial charge in [0.1, 0.15) is 5.78 Å². The van der Waals surface area contributed by atoms with Crippen LogP contribution in [0.3, 0.4) is 0 Å². The minimum atomic E-state index is -0.872. The Balaban J connectivity index is 2.27. The van der Waals surface area contributed by atoms with Crippen molar-refractivity contribution in [3.63, 3.8) is 0 Å². The molecule has 0 radical (unpaired) electrons. The Kier molecular flexibility index (Phi) is 5.47. The molecule has 1 amide bonds. The number of hydrogen-bond acceptors (Lipinski definition) is 4. The van der Waals surface area contributed by atoms with Crippen molar-refractivity contribution in [1.82, 2.24) is 5.32 Å². The fraction of sp³-hybridized carbons (Fsp3) is 0.727. The lowest BCUT2D eigenvalue weighted by molar-refractivity contribution is -0.143. The second kappa shape index (κ2) is 6.64. The lowest BCUT2D eigenvalue weighted by Crippen LogP contribution is -2.26. The maximum Gasteiger partial charge on any atom is 0.307 e. The molecule has 2 N–H and O–H groups in total. The number of Topliss-reactive ketones (excluding diaryl/α,β-unsaturated/α-hetero) is 1. The van der Waals surface area contributed by atoms with Crippen LogP contribution in [-0.4, -0.2) is 40.8 Å². The lowest BCUT2D eigenvalue weighted by Gasteiger charge is -2.13. The Bertz CT molecular complexity index is 319. The van der Waals surface area contributed by atoms with Gasteiger partial charge in [0.15, 0.2) is 0 Å². The predicted molar refractivity (Wildman–Crippen MR) is 64.9 cm³/mol. The van der Waals surface area contributed by atoms with Crippen LogP contribution in [0.1, 0.15) is 19.8 Å². The smallest absolute Gasteiger partial charge is 0.307 e. The van der Waals surface area contributed by atoms with Crippen LogP contribution in [0.25, 0.3) is 0 Å². The first-order valence-corrected chi connectivity index (χ1v) is 6.75. The molecule has 0 aromatic carbocycles. The van der Waals surface area contributed by atoms with E-state index in [1.807, 2.05) is 0 Å². The molecule has 1 rings (SSSR count). The van der Waals surface area contributed by atoms with Gasteiger partial charge in [-0.1, -0.05) is 0 Å². The highest BCUT2D eigenvalue weighted by Crippen LogP contribution is 2.31. The first-order chi connectivity index (χ1) is 8.02. The molecule has 6 heteroatoms. The summed E-state index contributed by atoms with van der Waals surface area (Å²) in [5.41, 5.74) is 0. The van der Waals surface area contributed by atoms with E-state index in [4.69, 9.17) is 5.11 Å². The topological polar surface area (TPSA) is 83.5 Å². The Hall–Kier alpha value is -1.04. The fourth-order valence-electron chi connectivity index (χ4n) is 1.92. The van der Waals surface area contributed by atoms with Crippen molar-refractivity contribution in [2.75, 3.05) is 18.1 Å². The van der Waals surface area contributed by atoms with E-state index < -0.39 is 11.9 Å². The third-order valence-corrected chi connectivity index (χ3v) is 3.92. The average Bonchev–Trinajstić information content (AvgIpc) is 2.59. The van der Waals surface area contributed by atoms with Crippen LogP contribution >= 0.6 is 11.8 Å². The van der Waals surface area contributed by atoms with Gasteiger partial charge in [0.05, 0.1) is 5.92 Å². The van der Waals surface area contributed by atoms with Crippen LogP contribution < -0.4 is 5.32 Å². The number of nitrogens with one attached hydrogen (secondary N) is 1. The summed E-state index contributed by atoms with van der Waals surface area (Å²) in [6, 6.07) is 0. The molecule has 1 aliphatic rings. The summed E-state index contributed by atoms with van der Waals surface area (Å²) in [7, 11) is 0. The van der Waals surface area contributed by atoms with Gasteiger partial charge < -0.3 is 10.4 Å². The SMILES string of the molecule is CC(=O)NCCSCC1C(=O)CCC1C(=O)O. The van der Waals surface area contributed by atoms with E-state index in [1.165, 1.54) is 18.7 Å². The van der Waals surface area contributed by atoms with Crippen LogP contribution in [-0.2, 0) is 14.4 Å². The van der Waals surface area contributed by atoms with Crippen LogP contribution in [0, 0.1) is 11.8 Å². The number of carboxylic acids is 1. The highest BCUT2D eigenvalue weighted by molar-refractivity contribution is 7.99. The number of thioether (sulfide) groups is 1. The van der Waals surface area contributed by atoms with Crippen LogP contribution in [0.5, 0.6) is 0 Å². The second-order valence-electron chi connectivity index (χ2n) is 4.11. The summed E-state index contributed by atoms with van der Waals surface area (Å²) in [5.74, 6) is -0.519. The Morgan fingerprint density at radius 3 is 2.82 bits per heavy atom. The molecular weight excluding hydrogens is 242 g/mol. The summed E-state index contributed by atoms with van der Waals surface area (Å²) in [5, 5.41) is 11.6. The molecule has 2 unspecified atom stereocenters. The van der Waals surface area contributed by atoms with Crippen molar-refractivity contribution in [2.45, 2.75) is 19.8 Å². The van der Waals surface area contributed by atoms with Gasteiger partial charge in [-0.15, -0.1) is 0 Å². The molecule has 0 aromatic heterocycles. The molecule has 0 aromatic rings. The molecule has 96 valence electrons. The molecule has 0 saturated heterocycles. The van der Waals surface area contributed by atoms with Crippen molar-refractivity contribution in [3.8, 4) is 0 Å². The van der Waals surface area contributed by atoms with E-state index in [0.29, 0.717) is 30.9 Å². The molecule has 0 heterocycles. The van der Waals surface area contributed by atoms with E-state index in [2.05, 4.69) is 5.32 Å². The van der Waals surface area contributed by atoms with Gasteiger partial charge >= 0.3 is 5.97 Å². The van der Waals surface area contributed by atoms with Gasteiger partial charge in [-0.2, -0.15) is 11.8 Å². The predicted octanol–water partition coefficient (Wildman–Crippen LogP) is 0.536. The quantitative estimate of drug-likeness (QED) is 0.680. The van der Waals surface area contributed by atoms with Gasteiger partial charge in [0.25, 0.3) is 0 Å². The number of carbonyl (C=O) groups is 3. The number of rotatable bonds is 6. The molecule has 5 nitrogen and oxygen atoms in total. The van der Waals surface area contributed by atoms with Gasteiger partial charge in [-0.3, -0.25) is 14.4 Å². The van der Waals surface area contributed by atoms with E-state index in [-0.39, 0.29) is 17.6 Å². The van der Waals surface area contributed by atoms with Crippen molar-refractivity contribution in [1.29, 1.82) is 0 Å². The van der Waals surface area contributed by atoms with E-state index in [0.717, 1.165) is 0 Å². The number of ketones is 1. The summed E-state index contributed by atoms with van der Waals surface area (Å²) in [6.07, 6.45) is 0.846. The number of amides is 1. The van der Waals surface area contributed by atoms with Crippen molar-refractivity contribution in [2.24, 2.45) is 11.8 Å². The van der Waals surface area contributed by atoms with E-state index in [9.17, 15) is 14.4 Å². The molecule has 0 bridgehead atoms. The van der Waals surface area contributed by atoms with Crippen molar-refractivity contribution >= 4 is 29.4 Å². The molecule has 0 spiro atoms.